The van der Waals surface area contributed by atoms with E-state index in [1.807, 2.05) is 68.0 Å². The summed E-state index contributed by atoms with van der Waals surface area (Å²) in [6.45, 7) is 9.11. The summed E-state index contributed by atoms with van der Waals surface area (Å²) in [6, 6.07) is 19.5. The van der Waals surface area contributed by atoms with Crippen molar-refractivity contribution < 1.29 is 0 Å². The van der Waals surface area contributed by atoms with Crippen LogP contribution in [0.1, 0.15) is 215 Å². The lowest BCUT2D eigenvalue weighted by Gasteiger charge is -2.04. The third-order valence-corrected chi connectivity index (χ3v) is 20.2. The predicted octanol–water partition coefficient (Wildman–Crippen LogP) is 22.5. The molecule has 6 heteroatoms. The molecule has 6 heterocycles. The fourth-order valence-corrected chi connectivity index (χ4v) is 16.1. The lowest BCUT2D eigenvalue weighted by Crippen LogP contribution is -1.87. The van der Waals surface area contributed by atoms with Crippen LogP contribution in [0.3, 0.4) is 0 Å². The molecule has 6 rings (SSSR count). The molecule has 0 bridgehead atoms. The van der Waals surface area contributed by atoms with Crippen molar-refractivity contribution in [3.05, 3.63) is 69.4 Å². The van der Waals surface area contributed by atoms with Crippen molar-refractivity contribution in [2.45, 2.75) is 220 Å². The molecule has 0 fully saturated rings. The molecule has 0 aliphatic rings. The summed E-state index contributed by atoms with van der Waals surface area (Å²) in [5.74, 6) is 0. The maximum atomic E-state index is 2.55. The summed E-state index contributed by atoms with van der Waals surface area (Å²) in [7, 11) is 0. The van der Waals surface area contributed by atoms with Crippen LogP contribution in [-0.4, -0.2) is 0 Å². The summed E-state index contributed by atoms with van der Waals surface area (Å²) in [4.78, 5) is 14.6. The number of fused-ring (bicyclic) bond motifs is 1. The Balaban J connectivity index is 1.02. The Morgan fingerprint density at radius 3 is 0.887 bits per heavy atom. The zero-order chi connectivity index (χ0) is 43.2. The highest BCUT2D eigenvalue weighted by Crippen LogP contribution is 2.50. The van der Waals surface area contributed by atoms with Gasteiger partial charge in [-0.2, -0.15) is 0 Å². The molecule has 0 radical (unpaired) electrons. The highest BCUT2D eigenvalue weighted by atomic mass is 32.1. The Morgan fingerprint density at radius 2 is 0.597 bits per heavy atom. The van der Waals surface area contributed by atoms with Crippen LogP contribution < -0.4 is 0 Å². The van der Waals surface area contributed by atoms with Crippen molar-refractivity contribution in [3.63, 3.8) is 0 Å². The van der Waals surface area contributed by atoms with Gasteiger partial charge in [-0.05, 0) is 99.2 Å². The number of hydrogen-bond donors (Lipinski definition) is 0. The average Bonchev–Trinajstić information content (AvgIpc) is 4.13. The molecular weight excluding hydrogens is 865 g/mol. The minimum absolute atomic E-state index is 1.20. The Labute approximate surface area is 403 Å². The van der Waals surface area contributed by atoms with E-state index in [2.05, 4.69) is 76.2 Å². The van der Waals surface area contributed by atoms with Crippen LogP contribution in [0.25, 0.3) is 48.4 Å². The van der Waals surface area contributed by atoms with Gasteiger partial charge in [0.05, 0.1) is 0 Å². The molecule has 0 aromatic carbocycles. The SMILES string of the molecule is CCCCCCCCCCCCCCCCc1cc(-c2ccc(C)s2)sc1-c1cc2sc(-c3sc(-c4ccc(C)s4)cc3CCCCCCCCCCCCCCCC)cc2s1. The first-order valence-corrected chi connectivity index (χ1v) is 30.4. The number of hydrogen-bond acceptors (Lipinski definition) is 6. The third-order valence-electron chi connectivity index (χ3n) is 12.8. The van der Waals surface area contributed by atoms with Gasteiger partial charge in [-0.25, -0.2) is 0 Å². The first-order valence-electron chi connectivity index (χ1n) is 25.5. The van der Waals surface area contributed by atoms with Crippen molar-refractivity contribution in [1.82, 2.24) is 0 Å². The van der Waals surface area contributed by atoms with E-state index in [1.54, 1.807) is 11.1 Å². The Bertz CT molecular complexity index is 1910. The minimum atomic E-state index is 1.20. The van der Waals surface area contributed by atoms with E-state index in [-0.39, 0.29) is 0 Å². The Hall–Kier alpha value is -1.54. The second kappa shape index (κ2) is 28.5. The minimum Gasteiger partial charge on any atom is -0.140 e. The molecule has 0 unspecified atom stereocenters. The van der Waals surface area contributed by atoms with E-state index < -0.39 is 0 Å². The van der Waals surface area contributed by atoms with Gasteiger partial charge < -0.3 is 0 Å². The van der Waals surface area contributed by atoms with E-state index in [0.29, 0.717) is 0 Å². The van der Waals surface area contributed by atoms with Crippen molar-refractivity contribution in [2.24, 2.45) is 0 Å². The highest BCUT2D eigenvalue weighted by molar-refractivity contribution is 7.34. The van der Waals surface area contributed by atoms with Crippen molar-refractivity contribution >= 4 is 77.4 Å². The molecule has 0 saturated heterocycles. The topological polar surface area (TPSA) is 0 Å². The zero-order valence-electron chi connectivity index (χ0n) is 39.3. The molecule has 0 atom stereocenters. The summed E-state index contributed by atoms with van der Waals surface area (Å²) >= 11 is 12.1. The summed E-state index contributed by atoms with van der Waals surface area (Å²) in [5, 5.41) is 0. The van der Waals surface area contributed by atoms with Gasteiger partial charge in [0.25, 0.3) is 0 Å². The average molecular weight is 946 g/mol. The first kappa shape index (κ1) is 49.9. The molecule has 340 valence electrons. The smallest absolute Gasteiger partial charge is 0.0482 e. The van der Waals surface area contributed by atoms with Gasteiger partial charge >= 0.3 is 0 Å². The normalized spacial score (nSPS) is 11.9. The molecule has 62 heavy (non-hydrogen) atoms. The molecular formula is C56H80S6. The van der Waals surface area contributed by atoms with E-state index in [1.165, 1.54) is 251 Å². The lowest BCUT2D eigenvalue weighted by molar-refractivity contribution is 0.535. The molecule has 6 aromatic rings. The summed E-state index contributed by atoms with van der Waals surface area (Å²) in [6.07, 6.45) is 42.0. The van der Waals surface area contributed by atoms with E-state index >= 15 is 0 Å². The van der Waals surface area contributed by atoms with Crippen LogP contribution in [0.2, 0.25) is 0 Å². The first-order chi connectivity index (χ1) is 30.5. The number of aryl methyl sites for hydroxylation is 4. The van der Waals surface area contributed by atoms with Crippen LogP contribution in [0.15, 0.2) is 48.5 Å². The molecule has 6 aromatic heterocycles. The van der Waals surface area contributed by atoms with Crippen LogP contribution in [0.4, 0.5) is 0 Å². The lowest BCUT2D eigenvalue weighted by atomic mass is 10.0. The number of rotatable bonds is 34. The van der Waals surface area contributed by atoms with Crippen LogP contribution in [0, 0.1) is 13.8 Å². The van der Waals surface area contributed by atoms with Gasteiger partial charge in [-0.1, -0.05) is 181 Å². The van der Waals surface area contributed by atoms with Gasteiger partial charge in [-0.15, -0.1) is 68.0 Å². The Morgan fingerprint density at radius 1 is 0.290 bits per heavy atom. The largest absolute Gasteiger partial charge is 0.140 e. The van der Waals surface area contributed by atoms with Crippen LogP contribution in [0.5, 0.6) is 0 Å². The summed E-state index contributed by atoms with van der Waals surface area (Å²) in [5.41, 5.74) is 3.16. The van der Waals surface area contributed by atoms with Gasteiger partial charge in [0.2, 0.25) is 0 Å². The molecule has 0 N–H and O–H groups in total. The molecule has 0 saturated carbocycles. The molecule has 0 aliphatic heterocycles. The second-order valence-electron chi connectivity index (χ2n) is 18.4. The second-order valence-corrected chi connectivity index (χ2v) is 25.2. The number of unbranched alkanes of at least 4 members (excludes halogenated alkanes) is 26. The van der Waals surface area contributed by atoms with Crippen LogP contribution >= 0.6 is 68.0 Å². The maximum absolute atomic E-state index is 2.55. The van der Waals surface area contributed by atoms with Gasteiger partial charge in [0.15, 0.2) is 0 Å². The maximum Gasteiger partial charge on any atom is 0.0482 e. The molecule has 0 spiro atoms. The van der Waals surface area contributed by atoms with Gasteiger partial charge in [0.1, 0.15) is 0 Å². The zero-order valence-corrected chi connectivity index (χ0v) is 44.2. The number of thiophene rings is 6. The highest BCUT2D eigenvalue weighted by Gasteiger charge is 2.20. The van der Waals surface area contributed by atoms with Crippen molar-refractivity contribution in [1.29, 1.82) is 0 Å². The predicted molar refractivity (Wildman–Crippen MR) is 290 cm³/mol. The quantitative estimate of drug-likeness (QED) is 0.0354. The molecule has 0 nitrogen and oxygen atoms in total. The standard InChI is InChI=1S/C56H80S6/c1-5-7-9-11-13-15-17-19-21-23-25-27-29-31-33-45-39-49(47-37-35-43(3)57-47)61-55(45)53-41-51-52(59-53)42-54(60-51)56-46(40-50(62-56)48-38-36-44(4)58-48)34-32-30-28-26-24-22-20-18-16-14-12-10-8-6-2/h35-42H,5-34H2,1-4H3. The monoisotopic (exact) mass is 944 g/mol. The van der Waals surface area contributed by atoms with E-state index in [9.17, 15) is 0 Å². The van der Waals surface area contributed by atoms with Crippen LogP contribution in [-0.2, 0) is 12.8 Å². The van der Waals surface area contributed by atoms with Gasteiger partial charge in [0, 0.05) is 58.2 Å². The van der Waals surface area contributed by atoms with E-state index in [4.69, 9.17) is 0 Å². The summed E-state index contributed by atoms with van der Waals surface area (Å²) < 4.78 is 2.93. The van der Waals surface area contributed by atoms with Crippen molar-refractivity contribution in [2.75, 3.05) is 0 Å². The molecule has 0 amide bonds. The third kappa shape index (κ3) is 16.4. The fraction of sp³-hybridized carbons (Fsp3) is 0.607. The van der Waals surface area contributed by atoms with Gasteiger partial charge in [-0.3, -0.25) is 0 Å². The van der Waals surface area contributed by atoms with E-state index in [0.717, 1.165) is 0 Å². The van der Waals surface area contributed by atoms with Crippen molar-refractivity contribution in [3.8, 4) is 39.0 Å². The molecule has 0 aliphatic carbocycles. The Kier molecular flexibility index (Phi) is 22.9. The fourth-order valence-electron chi connectivity index (χ4n) is 9.10.